The van der Waals surface area contributed by atoms with Crippen molar-refractivity contribution in [3.8, 4) is 0 Å². The Hall–Kier alpha value is -2.81. The average Bonchev–Trinajstić information content (AvgIpc) is 3.08. The Morgan fingerprint density at radius 1 is 0.880 bits per heavy atom. The SMILES string of the molecule is CCCCCCN1CCNC(=O)[C@H](COC2CC(N)C2)NC(=O)[C@H](CN)NC(=O)[C@H](C2CCCCC2)NC(=O)[C@H](CC(C)C)N(C)C(=O)[C@@H]1C. The maximum atomic E-state index is 14.1. The van der Waals surface area contributed by atoms with Crippen molar-refractivity contribution >= 4 is 29.5 Å². The van der Waals surface area contributed by atoms with E-state index in [0.717, 1.165) is 57.8 Å². The van der Waals surface area contributed by atoms with Gasteiger partial charge in [-0.25, -0.2) is 0 Å². The molecule has 2 aliphatic carbocycles. The van der Waals surface area contributed by atoms with Gasteiger partial charge in [0.25, 0.3) is 0 Å². The van der Waals surface area contributed by atoms with Crippen LogP contribution >= 0.6 is 0 Å². The van der Waals surface area contributed by atoms with E-state index in [1.54, 1.807) is 7.05 Å². The summed E-state index contributed by atoms with van der Waals surface area (Å²) in [7, 11) is 1.66. The number of rotatable bonds is 12. The predicted molar refractivity (Wildman–Crippen MR) is 193 cm³/mol. The van der Waals surface area contributed by atoms with Crippen LogP contribution in [0, 0.1) is 11.8 Å². The molecule has 3 aliphatic rings. The number of likely N-dealkylation sites (N-methyl/N-ethyl adjacent to an activating group) is 1. The average molecular weight is 707 g/mol. The Kier molecular flexibility index (Phi) is 17.4. The van der Waals surface area contributed by atoms with Crippen molar-refractivity contribution in [1.29, 1.82) is 0 Å². The maximum absolute atomic E-state index is 14.1. The largest absolute Gasteiger partial charge is 0.375 e. The van der Waals surface area contributed by atoms with Gasteiger partial charge in [0, 0.05) is 32.7 Å². The highest BCUT2D eigenvalue weighted by molar-refractivity contribution is 5.96. The molecule has 5 amide bonds. The number of hydrogen-bond donors (Lipinski definition) is 6. The normalized spacial score (nSPS) is 30.5. The summed E-state index contributed by atoms with van der Waals surface area (Å²) in [5, 5.41) is 11.5. The van der Waals surface area contributed by atoms with Crippen molar-refractivity contribution < 1.29 is 28.7 Å². The third kappa shape index (κ3) is 12.4. The lowest BCUT2D eigenvalue weighted by atomic mass is 9.83. The summed E-state index contributed by atoms with van der Waals surface area (Å²) >= 11 is 0. The monoisotopic (exact) mass is 707 g/mol. The molecule has 3 fully saturated rings. The molecule has 0 spiro atoms. The molecule has 0 radical (unpaired) electrons. The first-order chi connectivity index (χ1) is 23.9. The summed E-state index contributed by atoms with van der Waals surface area (Å²) in [5.74, 6) is -2.19. The number of nitrogens with two attached hydrogens (primary N) is 2. The highest BCUT2D eigenvalue weighted by Crippen LogP contribution is 2.27. The molecule has 2 saturated carbocycles. The van der Waals surface area contributed by atoms with Crippen LogP contribution in [0.4, 0.5) is 0 Å². The zero-order chi connectivity index (χ0) is 36.8. The van der Waals surface area contributed by atoms with Crippen molar-refractivity contribution in [3.05, 3.63) is 0 Å². The van der Waals surface area contributed by atoms with Crippen molar-refractivity contribution in [2.24, 2.45) is 23.3 Å². The molecule has 0 unspecified atom stereocenters. The Balaban J connectivity index is 1.96. The highest BCUT2D eigenvalue weighted by atomic mass is 16.5. The fourth-order valence-electron chi connectivity index (χ4n) is 7.22. The molecule has 5 atom stereocenters. The minimum Gasteiger partial charge on any atom is -0.375 e. The lowest BCUT2D eigenvalue weighted by Gasteiger charge is -2.37. The van der Waals surface area contributed by atoms with Crippen LogP contribution in [0.25, 0.3) is 0 Å². The van der Waals surface area contributed by atoms with E-state index < -0.39 is 53.8 Å². The fraction of sp³-hybridized carbons (Fsp3) is 0.861. The second-order valence-corrected chi connectivity index (χ2v) is 15.1. The Bertz CT molecular complexity index is 1110. The topological polar surface area (TPSA) is 201 Å². The van der Waals surface area contributed by atoms with Gasteiger partial charge in [-0.15, -0.1) is 0 Å². The Morgan fingerprint density at radius 2 is 1.56 bits per heavy atom. The zero-order valence-corrected chi connectivity index (χ0v) is 31.2. The van der Waals surface area contributed by atoms with Crippen molar-refractivity contribution in [2.75, 3.05) is 39.8 Å². The van der Waals surface area contributed by atoms with Crippen molar-refractivity contribution in [2.45, 2.75) is 147 Å². The standard InChI is InChI=1S/C36H66N8O6/c1-6-7-8-12-16-44-17-15-39-32(45)29(22-50-27-19-26(38)20-27)41-33(46)28(21-37)40-35(48)31(25-13-10-9-11-14-25)42-34(47)30(18-23(2)3)43(5)36(49)24(44)4/h23-31H,6-22,37-38H2,1-5H3,(H,39,45)(H,40,48)(H,41,46)(H,42,47)/t24-,26?,27?,28-,29-,30-,31-/m0/s1. The van der Waals surface area contributed by atoms with Gasteiger partial charge in [0.15, 0.2) is 0 Å². The number of ether oxygens (including phenoxy) is 1. The molecule has 14 nitrogen and oxygen atoms in total. The molecule has 0 aromatic heterocycles. The van der Waals surface area contributed by atoms with E-state index in [-0.39, 0.29) is 49.6 Å². The summed E-state index contributed by atoms with van der Waals surface area (Å²) in [6, 6.07) is -4.42. The van der Waals surface area contributed by atoms with E-state index in [1.807, 2.05) is 25.7 Å². The number of nitrogens with one attached hydrogen (secondary N) is 4. The first-order valence-corrected chi connectivity index (χ1v) is 19.1. The third-order valence-electron chi connectivity index (χ3n) is 10.5. The number of unbranched alkanes of at least 4 members (excludes halogenated alkanes) is 3. The van der Waals surface area contributed by atoms with Gasteiger partial charge < -0.3 is 42.4 Å². The molecule has 0 bridgehead atoms. The molecular formula is C36H66N8O6. The molecule has 0 aromatic rings. The second kappa shape index (κ2) is 20.9. The molecule has 1 aliphatic heterocycles. The summed E-state index contributed by atoms with van der Waals surface area (Å²) in [6.07, 6.45) is 10.1. The van der Waals surface area contributed by atoms with E-state index in [9.17, 15) is 24.0 Å². The van der Waals surface area contributed by atoms with Gasteiger partial charge in [-0.2, -0.15) is 0 Å². The van der Waals surface area contributed by atoms with Crippen molar-refractivity contribution in [1.82, 2.24) is 31.1 Å². The lowest BCUT2D eigenvalue weighted by molar-refractivity contribution is -0.144. The number of carbonyl (C=O) groups excluding carboxylic acids is 5. The van der Waals surface area contributed by atoms with E-state index >= 15 is 0 Å². The summed E-state index contributed by atoms with van der Waals surface area (Å²) in [5.41, 5.74) is 11.9. The minimum atomic E-state index is -1.15. The van der Waals surface area contributed by atoms with Gasteiger partial charge in [0.1, 0.15) is 24.2 Å². The number of amides is 5. The zero-order valence-electron chi connectivity index (χ0n) is 31.2. The van der Waals surface area contributed by atoms with Crippen LogP contribution in [-0.4, -0.2) is 122 Å². The third-order valence-corrected chi connectivity index (χ3v) is 10.5. The molecule has 1 saturated heterocycles. The minimum absolute atomic E-state index is 0.0517. The van der Waals surface area contributed by atoms with Crippen LogP contribution in [0.2, 0.25) is 0 Å². The van der Waals surface area contributed by atoms with Crippen LogP contribution in [0.15, 0.2) is 0 Å². The van der Waals surface area contributed by atoms with E-state index in [2.05, 4.69) is 28.2 Å². The highest BCUT2D eigenvalue weighted by Gasteiger charge is 2.38. The van der Waals surface area contributed by atoms with Gasteiger partial charge in [-0.3, -0.25) is 28.9 Å². The van der Waals surface area contributed by atoms with Gasteiger partial charge in [-0.1, -0.05) is 59.3 Å². The molecule has 50 heavy (non-hydrogen) atoms. The van der Waals surface area contributed by atoms with Gasteiger partial charge in [-0.05, 0) is 63.8 Å². The van der Waals surface area contributed by atoms with Gasteiger partial charge in [0.05, 0.1) is 18.8 Å². The molecule has 0 aromatic carbocycles. The van der Waals surface area contributed by atoms with Crippen LogP contribution in [-0.2, 0) is 28.7 Å². The van der Waals surface area contributed by atoms with Crippen LogP contribution < -0.4 is 32.7 Å². The Labute approximate surface area is 299 Å². The number of carbonyl (C=O) groups is 5. The van der Waals surface area contributed by atoms with E-state index in [4.69, 9.17) is 16.2 Å². The maximum Gasteiger partial charge on any atom is 0.245 e. The van der Waals surface area contributed by atoms with Crippen LogP contribution in [0.1, 0.15) is 105 Å². The van der Waals surface area contributed by atoms with Gasteiger partial charge >= 0.3 is 0 Å². The quantitative estimate of drug-likeness (QED) is 0.159. The predicted octanol–water partition coefficient (Wildman–Crippen LogP) is 0.760. The molecule has 1 heterocycles. The number of hydrogen-bond acceptors (Lipinski definition) is 9. The molecular weight excluding hydrogens is 640 g/mol. The lowest BCUT2D eigenvalue weighted by Crippen LogP contribution is -2.62. The summed E-state index contributed by atoms with van der Waals surface area (Å²) < 4.78 is 5.94. The van der Waals surface area contributed by atoms with Crippen LogP contribution in [0.3, 0.4) is 0 Å². The van der Waals surface area contributed by atoms with Gasteiger partial charge in [0.2, 0.25) is 29.5 Å². The summed E-state index contributed by atoms with van der Waals surface area (Å²) in [6.45, 7) is 8.96. The molecule has 14 heteroatoms. The second-order valence-electron chi connectivity index (χ2n) is 15.1. The Morgan fingerprint density at radius 3 is 2.18 bits per heavy atom. The molecule has 286 valence electrons. The van der Waals surface area contributed by atoms with E-state index in [0.29, 0.717) is 32.4 Å². The van der Waals surface area contributed by atoms with E-state index in [1.165, 1.54) is 4.90 Å². The first kappa shape index (κ1) is 41.6. The smallest absolute Gasteiger partial charge is 0.245 e. The molecule has 3 rings (SSSR count). The summed E-state index contributed by atoms with van der Waals surface area (Å²) in [4.78, 5) is 72.9. The van der Waals surface area contributed by atoms with Crippen LogP contribution in [0.5, 0.6) is 0 Å². The fourth-order valence-corrected chi connectivity index (χ4v) is 7.22. The molecule has 8 N–H and O–H groups in total. The van der Waals surface area contributed by atoms with Crippen molar-refractivity contribution in [3.63, 3.8) is 0 Å². The number of nitrogens with zero attached hydrogens (tertiary/aromatic N) is 2. The first-order valence-electron chi connectivity index (χ1n) is 19.1.